The third-order valence-corrected chi connectivity index (χ3v) is 6.80. The summed E-state index contributed by atoms with van der Waals surface area (Å²) in [6, 6.07) is 9.05. The Labute approximate surface area is 230 Å². The number of carbonyl (C=O) groups is 1. The number of hydrogen-bond acceptors (Lipinski definition) is 7. The Morgan fingerprint density at radius 2 is 1.83 bits per heavy atom. The Morgan fingerprint density at radius 1 is 1.02 bits per heavy atom. The van der Waals surface area contributed by atoms with Crippen molar-refractivity contribution < 1.29 is 27.1 Å². The molecule has 1 fully saturated rings. The number of carbonyl (C=O) groups excluding carboxylic acids is 1. The van der Waals surface area contributed by atoms with Gasteiger partial charge in [0.25, 0.3) is 0 Å². The van der Waals surface area contributed by atoms with Crippen LogP contribution in [0.1, 0.15) is 40.5 Å². The average molecular weight is 564 g/mol. The highest BCUT2D eigenvalue weighted by atomic mass is 19.4. The van der Waals surface area contributed by atoms with Crippen LogP contribution in [0.5, 0.6) is 0 Å². The van der Waals surface area contributed by atoms with Gasteiger partial charge in [-0.1, -0.05) is 6.07 Å². The van der Waals surface area contributed by atoms with Crippen molar-refractivity contribution in [3.8, 4) is 39.5 Å². The van der Waals surface area contributed by atoms with Crippen LogP contribution in [0.15, 0.2) is 61.3 Å². The monoisotopic (exact) mass is 563 g/mol. The Kier molecular flexibility index (Phi) is 6.36. The zero-order valence-electron chi connectivity index (χ0n) is 21.7. The molecule has 5 aromatic rings. The molecule has 6 rings (SSSR count). The molecule has 0 aliphatic heterocycles. The molecule has 4 aromatic heterocycles. The lowest BCUT2D eigenvalue weighted by molar-refractivity contribution is -0.137. The Balaban J connectivity index is 1.48. The Morgan fingerprint density at radius 3 is 2.51 bits per heavy atom. The summed E-state index contributed by atoms with van der Waals surface area (Å²) in [5.41, 5.74) is 1.23. The van der Waals surface area contributed by atoms with Crippen LogP contribution in [0, 0.1) is 5.82 Å². The molecule has 0 bridgehead atoms. The first-order valence-electron chi connectivity index (χ1n) is 12.5. The molecule has 0 amide bonds. The summed E-state index contributed by atoms with van der Waals surface area (Å²) in [6.07, 6.45) is 1.95. The van der Waals surface area contributed by atoms with Gasteiger partial charge < -0.3 is 9.30 Å². The molecule has 0 N–H and O–H groups in total. The minimum absolute atomic E-state index is 0.103. The molecule has 1 aliphatic carbocycles. The first-order chi connectivity index (χ1) is 19.6. The highest BCUT2D eigenvalue weighted by molar-refractivity contribution is 5.89. The van der Waals surface area contributed by atoms with Crippen LogP contribution in [0.2, 0.25) is 0 Å². The molecule has 0 spiro atoms. The quantitative estimate of drug-likeness (QED) is 0.195. The van der Waals surface area contributed by atoms with E-state index in [2.05, 4.69) is 25.0 Å². The van der Waals surface area contributed by atoms with Gasteiger partial charge in [0.1, 0.15) is 17.8 Å². The SMILES string of the molecule is COC(=O)c1cc(-c2cnn(-c3cc(-c4ccc(F)cc4-c4nncn4C)cc(C4CC4)n3)c2)c(C(F)(F)F)cn1. The van der Waals surface area contributed by atoms with E-state index in [1.165, 1.54) is 35.5 Å². The van der Waals surface area contributed by atoms with Gasteiger partial charge in [0, 0.05) is 47.7 Å². The van der Waals surface area contributed by atoms with Gasteiger partial charge in [0.05, 0.1) is 18.9 Å². The number of alkyl halides is 3. The molecule has 4 heterocycles. The van der Waals surface area contributed by atoms with E-state index in [0.717, 1.165) is 31.7 Å². The molecule has 0 radical (unpaired) electrons. The van der Waals surface area contributed by atoms with Crippen LogP contribution in [0.25, 0.3) is 39.5 Å². The smallest absolute Gasteiger partial charge is 0.418 e. The van der Waals surface area contributed by atoms with E-state index in [1.807, 2.05) is 6.07 Å². The zero-order valence-corrected chi connectivity index (χ0v) is 21.7. The van der Waals surface area contributed by atoms with E-state index in [9.17, 15) is 22.4 Å². The van der Waals surface area contributed by atoms with Crippen LogP contribution in [-0.4, -0.2) is 47.6 Å². The van der Waals surface area contributed by atoms with E-state index < -0.39 is 23.5 Å². The Hall–Kier alpha value is -4.94. The molecule has 9 nitrogen and oxygen atoms in total. The maximum atomic E-state index is 14.3. The van der Waals surface area contributed by atoms with Crippen LogP contribution < -0.4 is 0 Å². The van der Waals surface area contributed by atoms with Crippen molar-refractivity contribution in [1.82, 2.24) is 34.5 Å². The fourth-order valence-corrected chi connectivity index (χ4v) is 4.60. The molecule has 1 aliphatic rings. The van der Waals surface area contributed by atoms with Gasteiger partial charge in [0.15, 0.2) is 11.6 Å². The number of rotatable bonds is 6. The number of hydrogen-bond donors (Lipinski definition) is 0. The fourth-order valence-electron chi connectivity index (χ4n) is 4.60. The van der Waals surface area contributed by atoms with Crippen LogP contribution in [0.3, 0.4) is 0 Å². The maximum absolute atomic E-state index is 14.3. The van der Waals surface area contributed by atoms with E-state index in [4.69, 9.17) is 4.98 Å². The lowest BCUT2D eigenvalue weighted by Gasteiger charge is -2.13. The number of ether oxygens (including phenoxy) is 1. The van der Waals surface area contributed by atoms with Crippen molar-refractivity contribution in [1.29, 1.82) is 0 Å². The number of methoxy groups -OCH3 is 1. The summed E-state index contributed by atoms with van der Waals surface area (Å²) in [6.45, 7) is 0. The van der Waals surface area contributed by atoms with Gasteiger partial charge in [-0.2, -0.15) is 18.3 Å². The van der Waals surface area contributed by atoms with Gasteiger partial charge in [-0.25, -0.2) is 23.8 Å². The number of aromatic nitrogens is 7. The first kappa shape index (κ1) is 26.3. The summed E-state index contributed by atoms with van der Waals surface area (Å²) < 4.78 is 63.5. The third kappa shape index (κ3) is 5.06. The number of aryl methyl sites for hydroxylation is 1. The minimum Gasteiger partial charge on any atom is -0.464 e. The largest absolute Gasteiger partial charge is 0.464 e. The lowest BCUT2D eigenvalue weighted by Crippen LogP contribution is -2.11. The van der Waals surface area contributed by atoms with Gasteiger partial charge in [-0.05, 0) is 54.3 Å². The van der Waals surface area contributed by atoms with Crippen molar-refractivity contribution >= 4 is 5.97 Å². The molecule has 13 heteroatoms. The Bertz CT molecular complexity index is 1790. The normalized spacial score (nSPS) is 13.4. The van der Waals surface area contributed by atoms with E-state index in [1.54, 1.807) is 23.7 Å². The van der Waals surface area contributed by atoms with Crippen molar-refractivity contribution in [3.63, 3.8) is 0 Å². The summed E-state index contributed by atoms with van der Waals surface area (Å²) in [7, 11) is 2.87. The highest BCUT2D eigenvalue weighted by Crippen LogP contribution is 2.42. The second-order valence-electron chi connectivity index (χ2n) is 9.65. The topological polar surface area (TPSA) is 101 Å². The van der Waals surface area contributed by atoms with Gasteiger partial charge in [-0.3, -0.25) is 0 Å². The average Bonchev–Trinajstić information content (AvgIpc) is 3.53. The number of pyridine rings is 2. The molecule has 0 unspecified atom stereocenters. The van der Waals surface area contributed by atoms with Crippen LogP contribution in [0.4, 0.5) is 17.6 Å². The predicted molar refractivity (Wildman–Crippen MR) is 138 cm³/mol. The summed E-state index contributed by atoms with van der Waals surface area (Å²) >= 11 is 0. The lowest BCUT2D eigenvalue weighted by atomic mass is 9.98. The number of esters is 1. The van der Waals surface area contributed by atoms with E-state index in [0.29, 0.717) is 34.5 Å². The maximum Gasteiger partial charge on any atom is 0.418 e. The van der Waals surface area contributed by atoms with Crippen molar-refractivity contribution in [3.05, 3.63) is 84.1 Å². The summed E-state index contributed by atoms with van der Waals surface area (Å²) in [5, 5.41) is 12.4. The number of benzene rings is 1. The molecular formula is C28H21F4N7O2. The van der Waals surface area contributed by atoms with Gasteiger partial charge in [0.2, 0.25) is 0 Å². The second-order valence-corrected chi connectivity index (χ2v) is 9.65. The van der Waals surface area contributed by atoms with Crippen molar-refractivity contribution in [2.75, 3.05) is 7.11 Å². The number of halogens is 4. The molecule has 41 heavy (non-hydrogen) atoms. The molecule has 1 saturated carbocycles. The van der Waals surface area contributed by atoms with Gasteiger partial charge >= 0.3 is 12.1 Å². The van der Waals surface area contributed by atoms with E-state index >= 15 is 0 Å². The predicted octanol–water partition coefficient (Wildman–Crippen LogP) is 5.61. The molecule has 0 saturated heterocycles. The summed E-state index contributed by atoms with van der Waals surface area (Å²) in [4.78, 5) is 20.3. The molecule has 0 atom stereocenters. The zero-order chi connectivity index (χ0) is 28.9. The minimum atomic E-state index is -4.73. The van der Waals surface area contributed by atoms with Crippen LogP contribution in [-0.2, 0) is 18.0 Å². The van der Waals surface area contributed by atoms with Crippen molar-refractivity contribution in [2.24, 2.45) is 7.05 Å². The third-order valence-electron chi connectivity index (χ3n) is 6.80. The summed E-state index contributed by atoms with van der Waals surface area (Å²) in [5.74, 6) is -0.258. The first-order valence-corrected chi connectivity index (χ1v) is 12.5. The second kappa shape index (κ2) is 9.91. The molecular weight excluding hydrogens is 542 g/mol. The highest BCUT2D eigenvalue weighted by Gasteiger charge is 2.35. The standard InChI is InChI=1S/C28H21F4N7O2/c1-38-14-34-37-26(38)21-9-18(29)5-6-19(21)16-7-23(15-3-4-15)36-25(8-16)39-13-17(11-35-39)20-10-24(27(40)41-2)33-12-22(20)28(30,31)32/h5-15H,3-4H2,1-2H3. The molecule has 208 valence electrons. The van der Waals surface area contributed by atoms with Gasteiger partial charge in [-0.15, -0.1) is 10.2 Å². The van der Waals surface area contributed by atoms with Crippen molar-refractivity contribution in [2.45, 2.75) is 24.9 Å². The fraction of sp³-hybridized carbons (Fsp3) is 0.214. The van der Waals surface area contributed by atoms with E-state index in [-0.39, 0.29) is 22.7 Å². The van der Waals surface area contributed by atoms with Crippen LogP contribution >= 0.6 is 0 Å². The molecule has 1 aromatic carbocycles. The number of nitrogens with zero attached hydrogens (tertiary/aromatic N) is 7.